The van der Waals surface area contributed by atoms with Crippen LogP contribution in [0.4, 0.5) is 0 Å². The number of nitrogens with zero attached hydrogens (tertiary/aromatic N) is 1. The number of ether oxygens (including phenoxy) is 1. The molecule has 3 nitrogen and oxygen atoms in total. The predicted octanol–water partition coefficient (Wildman–Crippen LogP) is 3.78. The highest BCUT2D eigenvalue weighted by Gasteiger charge is 2.16. The van der Waals surface area contributed by atoms with Gasteiger partial charge in [-0.2, -0.15) is 5.26 Å². The first kappa shape index (κ1) is 16.0. The molecule has 0 radical (unpaired) electrons. The summed E-state index contributed by atoms with van der Waals surface area (Å²) in [7, 11) is 1.72. The van der Waals surface area contributed by atoms with Gasteiger partial charge in [-0.1, -0.05) is 15.9 Å². The number of methoxy groups -OCH3 is 1. The summed E-state index contributed by atoms with van der Waals surface area (Å²) in [4.78, 5) is 0. The molecule has 19 heavy (non-hydrogen) atoms. The molecule has 0 atom stereocenters. The fraction of sp³-hybridized carbons (Fsp3) is 0.533. The predicted molar refractivity (Wildman–Crippen MR) is 81.5 cm³/mol. The van der Waals surface area contributed by atoms with Gasteiger partial charge in [0.1, 0.15) is 5.75 Å². The van der Waals surface area contributed by atoms with Gasteiger partial charge in [-0.25, -0.2) is 0 Å². The third kappa shape index (κ3) is 3.71. The Labute approximate surface area is 124 Å². The summed E-state index contributed by atoms with van der Waals surface area (Å²) in [6.45, 7) is 7.89. The van der Waals surface area contributed by atoms with Gasteiger partial charge in [-0.15, -0.1) is 0 Å². The Bertz CT molecular complexity index is 492. The average Bonchev–Trinajstić information content (AvgIpc) is 2.41. The topological polar surface area (TPSA) is 45.0 Å². The van der Waals surface area contributed by atoms with Crippen molar-refractivity contribution in [1.29, 1.82) is 5.26 Å². The van der Waals surface area contributed by atoms with Crippen molar-refractivity contribution in [2.75, 3.05) is 13.7 Å². The number of hydrogen-bond donors (Lipinski definition) is 1. The molecule has 0 heterocycles. The molecule has 0 saturated carbocycles. The zero-order valence-electron chi connectivity index (χ0n) is 12.1. The Balaban J connectivity index is 2.91. The van der Waals surface area contributed by atoms with Crippen LogP contribution in [0.15, 0.2) is 4.47 Å². The lowest BCUT2D eigenvalue weighted by Gasteiger charge is -2.19. The number of nitriles is 1. The Hall–Kier alpha value is -1.05. The van der Waals surface area contributed by atoms with E-state index in [9.17, 15) is 0 Å². The van der Waals surface area contributed by atoms with Gasteiger partial charge >= 0.3 is 0 Å². The Morgan fingerprint density at radius 2 is 1.89 bits per heavy atom. The lowest BCUT2D eigenvalue weighted by Crippen LogP contribution is -2.17. The molecule has 1 aromatic rings. The summed E-state index contributed by atoms with van der Waals surface area (Å²) >= 11 is 3.65. The van der Waals surface area contributed by atoms with Crippen molar-refractivity contribution >= 4 is 15.9 Å². The van der Waals surface area contributed by atoms with Crippen LogP contribution < -0.4 is 10.1 Å². The number of benzene rings is 1. The normalized spacial score (nSPS) is 10.3. The largest absolute Gasteiger partial charge is 0.496 e. The Kier molecular flexibility index (Phi) is 6.33. The highest BCUT2D eigenvalue weighted by Crippen LogP contribution is 2.35. The standard InChI is InChI=1S/C15H21BrN2O/c1-10-11(2)15(19-4)13(12(3)14(10)16)9-18-8-6-5-7-17/h18H,5-6,8-9H2,1-4H3. The first-order valence-corrected chi connectivity index (χ1v) is 7.23. The number of unbranched alkanes of at least 4 members (excludes halogenated alkanes) is 1. The van der Waals surface area contributed by atoms with Gasteiger partial charge < -0.3 is 10.1 Å². The third-order valence-corrected chi connectivity index (χ3v) is 4.63. The second-order valence-electron chi connectivity index (χ2n) is 4.64. The van der Waals surface area contributed by atoms with E-state index in [1.807, 2.05) is 0 Å². The molecule has 104 valence electrons. The molecule has 0 aromatic heterocycles. The van der Waals surface area contributed by atoms with Crippen molar-refractivity contribution in [1.82, 2.24) is 5.32 Å². The fourth-order valence-corrected chi connectivity index (χ4v) is 2.68. The van der Waals surface area contributed by atoms with Gasteiger partial charge in [-0.3, -0.25) is 0 Å². The van der Waals surface area contributed by atoms with Gasteiger partial charge in [0.2, 0.25) is 0 Å². The molecule has 1 N–H and O–H groups in total. The maximum absolute atomic E-state index is 8.51. The lowest BCUT2D eigenvalue weighted by molar-refractivity contribution is 0.403. The summed E-state index contributed by atoms with van der Waals surface area (Å²) in [6.07, 6.45) is 1.48. The molecule has 0 spiro atoms. The quantitative estimate of drug-likeness (QED) is 0.810. The first-order valence-electron chi connectivity index (χ1n) is 6.44. The van der Waals surface area contributed by atoms with Crippen LogP contribution in [0, 0.1) is 32.1 Å². The molecule has 0 fully saturated rings. The monoisotopic (exact) mass is 324 g/mol. The fourth-order valence-electron chi connectivity index (χ4n) is 2.14. The second-order valence-corrected chi connectivity index (χ2v) is 5.43. The molecule has 0 aliphatic heterocycles. The van der Waals surface area contributed by atoms with Crippen LogP contribution >= 0.6 is 15.9 Å². The summed E-state index contributed by atoms with van der Waals surface area (Å²) in [5, 5.41) is 11.9. The van der Waals surface area contributed by atoms with Crippen LogP contribution in [0.25, 0.3) is 0 Å². The van der Waals surface area contributed by atoms with E-state index in [-0.39, 0.29) is 0 Å². The van der Waals surface area contributed by atoms with Crippen molar-refractivity contribution in [3.63, 3.8) is 0 Å². The summed E-state index contributed by atoms with van der Waals surface area (Å²) in [5.74, 6) is 0.964. The van der Waals surface area contributed by atoms with Crippen LogP contribution in [0.1, 0.15) is 35.1 Å². The molecular formula is C15H21BrN2O. The number of nitrogens with one attached hydrogen (secondary N) is 1. The van der Waals surface area contributed by atoms with E-state index in [1.54, 1.807) is 7.11 Å². The number of halogens is 1. The lowest BCUT2D eigenvalue weighted by atomic mass is 9.99. The van der Waals surface area contributed by atoms with E-state index < -0.39 is 0 Å². The van der Waals surface area contributed by atoms with Crippen LogP contribution in [-0.2, 0) is 6.54 Å². The van der Waals surface area contributed by atoms with Crippen LogP contribution in [0.3, 0.4) is 0 Å². The maximum atomic E-state index is 8.51. The minimum atomic E-state index is 0.597. The number of hydrogen-bond acceptors (Lipinski definition) is 3. The molecule has 0 saturated heterocycles. The van der Waals surface area contributed by atoms with Crippen molar-refractivity contribution in [2.45, 2.75) is 40.2 Å². The molecule has 1 rings (SSSR count). The molecule has 1 aromatic carbocycles. The summed E-state index contributed by atoms with van der Waals surface area (Å²) < 4.78 is 6.71. The highest BCUT2D eigenvalue weighted by molar-refractivity contribution is 9.10. The van der Waals surface area contributed by atoms with Crippen molar-refractivity contribution in [3.05, 3.63) is 26.7 Å². The van der Waals surface area contributed by atoms with Crippen molar-refractivity contribution in [2.24, 2.45) is 0 Å². The molecule has 0 bridgehead atoms. The highest BCUT2D eigenvalue weighted by atomic mass is 79.9. The molecule has 0 amide bonds. The van der Waals surface area contributed by atoms with E-state index in [0.717, 1.165) is 29.7 Å². The number of rotatable bonds is 6. The van der Waals surface area contributed by atoms with E-state index in [1.165, 1.54) is 22.3 Å². The minimum absolute atomic E-state index is 0.597. The first-order chi connectivity index (χ1) is 9.04. The van der Waals surface area contributed by atoms with E-state index in [0.29, 0.717) is 6.42 Å². The van der Waals surface area contributed by atoms with E-state index in [4.69, 9.17) is 10.00 Å². The SMILES string of the molecule is COc1c(C)c(C)c(Br)c(C)c1CNCCCC#N. The van der Waals surface area contributed by atoms with Gasteiger partial charge in [0.15, 0.2) is 0 Å². The minimum Gasteiger partial charge on any atom is -0.496 e. The van der Waals surface area contributed by atoms with Gasteiger partial charge in [0, 0.05) is 23.0 Å². The van der Waals surface area contributed by atoms with Gasteiger partial charge in [0.25, 0.3) is 0 Å². The average molecular weight is 325 g/mol. The third-order valence-electron chi connectivity index (χ3n) is 3.44. The molecule has 0 aliphatic carbocycles. The molecule has 0 unspecified atom stereocenters. The van der Waals surface area contributed by atoms with E-state index in [2.05, 4.69) is 48.1 Å². The van der Waals surface area contributed by atoms with E-state index >= 15 is 0 Å². The van der Waals surface area contributed by atoms with Gasteiger partial charge in [-0.05, 0) is 50.4 Å². The zero-order chi connectivity index (χ0) is 14.4. The smallest absolute Gasteiger partial charge is 0.126 e. The van der Waals surface area contributed by atoms with Crippen molar-refractivity contribution in [3.8, 4) is 11.8 Å². The van der Waals surface area contributed by atoms with Crippen LogP contribution in [0.2, 0.25) is 0 Å². The summed E-state index contributed by atoms with van der Waals surface area (Å²) in [6, 6.07) is 2.15. The summed E-state index contributed by atoms with van der Waals surface area (Å²) in [5.41, 5.74) is 4.80. The van der Waals surface area contributed by atoms with Gasteiger partial charge in [0.05, 0.1) is 13.2 Å². The van der Waals surface area contributed by atoms with Crippen LogP contribution in [-0.4, -0.2) is 13.7 Å². The Morgan fingerprint density at radius 1 is 1.21 bits per heavy atom. The molecule has 0 aliphatic rings. The zero-order valence-corrected chi connectivity index (χ0v) is 13.6. The maximum Gasteiger partial charge on any atom is 0.126 e. The second kappa shape index (κ2) is 7.52. The van der Waals surface area contributed by atoms with Crippen LogP contribution in [0.5, 0.6) is 5.75 Å². The molecule has 4 heteroatoms. The van der Waals surface area contributed by atoms with Crippen molar-refractivity contribution < 1.29 is 4.74 Å². The molecular weight excluding hydrogens is 304 g/mol. The Morgan fingerprint density at radius 3 is 2.47 bits per heavy atom.